The minimum atomic E-state index is -3.53. The van der Waals surface area contributed by atoms with Crippen LogP contribution in [-0.4, -0.2) is 34.0 Å². The summed E-state index contributed by atoms with van der Waals surface area (Å²) in [5.74, 6) is -1.14. The Labute approximate surface area is 182 Å². The third kappa shape index (κ3) is 4.24. The van der Waals surface area contributed by atoms with Gasteiger partial charge < -0.3 is 4.74 Å². The zero-order chi connectivity index (χ0) is 23.0. The van der Waals surface area contributed by atoms with E-state index in [1.54, 1.807) is 17.5 Å². The van der Waals surface area contributed by atoms with Crippen LogP contribution in [0.25, 0.3) is 16.9 Å². The number of sulfonamides is 1. The second-order valence-corrected chi connectivity index (χ2v) is 9.10. The van der Waals surface area contributed by atoms with Gasteiger partial charge in [0.15, 0.2) is 23.0 Å². The molecule has 0 unspecified atom stereocenters. The van der Waals surface area contributed by atoms with Crippen LogP contribution in [0, 0.1) is 25.5 Å². The maximum Gasteiger partial charge on any atom is 0.232 e. The average molecular weight is 459 g/mol. The van der Waals surface area contributed by atoms with Crippen LogP contribution in [0.4, 0.5) is 14.5 Å². The number of anilines is 1. The van der Waals surface area contributed by atoms with Crippen LogP contribution in [0.2, 0.25) is 0 Å². The Morgan fingerprint density at radius 3 is 2.50 bits per heavy atom. The fourth-order valence-corrected chi connectivity index (χ4v) is 3.70. The second kappa shape index (κ2) is 8.15. The lowest BCUT2D eigenvalue weighted by molar-refractivity contribution is 0.439. The van der Waals surface area contributed by atoms with Gasteiger partial charge in [-0.1, -0.05) is 0 Å². The number of hydrogen-bond acceptors (Lipinski definition) is 6. The van der Waals surface area contributed by atoms with Crippen molar-refractivity contribution in [2.75, 3.05) is 10.5 Å². The van der Waals surface area contributed by atoms with Crippen molar-refractivity contribution >= 4 is 21.4 Å². The number of benzene rings is 2. The van der Waals surface area contributed by atoms with E-state index in [0.717, 1.165) is 11.6 Å². The number of hydrogen-bond donors (Lipinski definition) is 1. The molecule has 4 aromatic rings. The van der Waals surface area contributed by atoms with Gasteiger partial charge in [-0.3, -0.25) is 4.72 Å². The van der Waals surface area contributed by atoms with Crippen LogP contribution in [0.5, 0.6) is 11.5 Å². The summed E-state index contributed by atoms with van der Waals surface area (Å²) in [7, 11) is -3.53. The number of nitrogens with zero attached hydrogens (tertiary/aromatic N) is 4. The minimum Gasteiger partial charge on any atom is -0.454 e. The number of nitrogens with one attached hydrogen (secondary N) is 1. The SMILES string of the molecule is CCS(=O)(=O)Nc1ccc(Oc2ccc(F)cc2F)c(-c2cc(C)c3nnc(C)n3n2)c1. The summed E-state index contributed by atoms with van der Waals surface area (Å²) in [4.78, 5) is 0. The van der Waals surface area contributed by atoms with Gasteiger partial charge in [-0.15, -0.1) is 10.2 Å². The van der Waals surface area contributed by atoms with Gasteiger partial charge >= 0.3 is 0 Å². The van der Waals surface area contributed by atoms with Crippen LogP contribution < -0.4 is 9.46 Å². The van der Waals surface area contributed by atoms with E-state index < -0.39 is 21.7 Å². The number of ether oxygens (including phenoxy) is 1. The van der Waals surface area contributed by atoms with Crippen molar-refractivity contribution < 1.29 is 21.9 Å². The monoisotopic (exact) mass is 459 g/mol. The Morgan fingerprint density at radius 2 is 1.78 bits per heavy atom. The van der Waals surface area contributed by atoms with Crippen molar-refractivity contribution in [2.45, 2.75) is 20.8 Å². The first-order valence-corrected chi connectivity index (χ1v) is 11.3. The predicted octanol–water partition coefficient (Wildman–Crippen LogP) is 4.24. The zero-order valence-electron chi connectivity index (χ0n) is 17.4. The highest BCUT2D eigenvalue weighted by atomic mass is 32.2. The molecule has 0 aliphatic rings. The van der Waals surface area contributed by atoms with E-state index in [1.165, 1.54) is 31.2 Å². The smallest absolute Gasteiger partial charge is 0.232 e. The molecule has 2 heterocycles. The maximum absolute atomic E-state index is 14.2. The number of aryl methyl sites for hydroxylation is 2. The molecule has 0 atom stereocenters. The Kier molecular flexibility index (Phi) is 5.51. The predicted molar refractivity (Wildman–Crippen MR) is 115 cm³/mol. The first-order chi connectivity index (χ1) is 15.2. The number of aromatic nitrogens is 4. The quantitative estimate of drug-likeness (QED) is 0.463. The molecule has 0 amide bonds. The minimum absolute atomic E-state index is 0.107. The fraction of sp³-hybridized carbons (Fsp3) is 0.190. The van der Waals surface area contributed by atoms with Crippen LogP contribution in [-0.2, 0) is 10.0 Å². The molecule has 0 radical (unpaired) electrons. The maximum atomic E-state index is 14.2. The molecule has 0 aliphatic heterocycles. The van der Waals surface area contributed by atoms with Crippen LogP contribution in [0.3, 0.4) is 0 Å². The van der Waals surface area contributed by atoms with E-state index in [9.17, 15) is 17.2 Å². The molecule has 0 fully saturated rings. The molecule has 11 heteroatoms. The normalized spacial score (nSPS) is 11.7. The lowest BCUT2D eigenvalue weighted by Crippen LogP contribution is -2.14. The standard InChI is InChI=1S/C21H19F2N5O3S/c1-4-32(29,30)27-15-6-8-19(31-20-7-5-14(22)10-17(20)23)16(11-15)18-9-12(2)21-25-24-13(3)28(21)26-18/h5-11,27H,4H2,1-3H3. The van der Waals surface area contributed by atoms with Gasteiger partial charge in [0.05, 0.1) is 11.4 Å². The van der Waals surface area contributed by atoms with Crippen molar-refractivity contribution in [2.24, 2.45) is 0 Å². The highest BCUT2D eigenvalue weighted by Gasteiger charge is 2.17. The largest absolute Gasteiger partial charge is 0.454 e. The summed E-state index contributed by atoms with van der Waals surface area (Å²) in [5.41, 5.74) is 2.44. The number of fused-ring (bicyclic) bond motifs is 1. The summed E-state index contributed by atoms with van der Waals surface area (Å²) < 4.78 is 61.3. The van der Waals surface area contributed by atoms with E-state index >= 15 is 0 Å². The van der Waals surface area contributed by atoms with Gasteiger partial charge in [-0.25, -0.2) is 17.2 Å². The molecular weight excluding hydrogens is 440 g/mol. The van der Waals surface area contributed by atoms with Crippen molar-refractivity contribution in [3.8, 4) is 22.8 Å². The summed E-state index contributed by atoms with van der Waals surface area (Å²) >= 11 is 0. The van der Waals surface area contributed by atoms with Gasteiger partial charge in [0.2, 0.25) is 10.0 Å². The first-order valence-electron chi connectivity index (χ1n) is 9.64. The summed E-state index contributed by atoms with van der Waals surface area (Å²) in [5, 5.41) is 12.6. The summed E-state index contributed by atoms with van der Waals surface area (Å²) in [6.45, 7) is 5.09. The van der Waals surface area contributed by atoms with E-state index in [-0.39, 0.29) is 22.9 Å². The van der Waals surface area contributed by atoms with Crippen molar-refractivity contribution in [1.29, 1.82) is 0 Å². The Balaban J connectivity index is 1.87. The molecule has 166 valence electrons. The highest BCUT2D eigenvalue weighted by molar-refractivity contribution is 7.92. The molecule has 2 aromatic heterocycles. The molecule has 2 aromatic carbocycles. The van der Waals surface area contributed by atoms with E-state index in [1.807, 2.05) is 6.92 Å². The second-order valence-electron chi connectivity index (χ2n) is 7.09. The molecule has 4 rings (SSSR count). The van der Waals surface area contributed by atoms with Crippen molar-refractivity contribution in [3.05, 3.63) is 65.5 Å². The average Bonchev–Trinajstić information content (AvgIpc) is 3.12. The molecule has 8 nitrogen and oxygen atoms in total. The lowest BCUT2D eigenvalue weighted by Gasteiger charge is -2.15. The Morgan fingerprint density at radius 1 is 1.03 bits per heavy atom. The molecule has 32 heavy (non-hydrogen) atoms. The van der Waals surface area contributed by atoms with Gasteiger partial charge in [0.1, 0.15) is 11.6 Å². The van der Waals surface area contributed by atoms with E-state index in [4.69, 9.17) is 4.74 Å². The number of rotatable bonds is 6. The van der Waals surface area contributed by atoms with Gasteiger partial charge in [-0.2, -0.15) is 9.61 Å². The number of halogens is 2. The molecule has 0 bridgehead atoms. The molecule has 0 aliphatic carbocycles. The van der Waals surface area contributed by atoms with Gasteiger partial charge in [-0.05, 0) is 62.7 Å². The molecule has 1 N–H and O–H groups in total. The molecular formula is C21H19F2N5O3S. The highest BCUT2D eigenvalue weighted by Crippen LogP contribution is 2.36. The fourth-order valence-electron chi connectivity index (χ4n) is 3.07. The zero-order valence-corrected chi connectivity index (χ0v) is 18.2. The van der Waals surface area contributed by atoms with Gasteiger partial charge in [0, 0.05) is 17.3 Å². The first kappa shape index (κ1) is 21.6. The Bertz CT molecular complexity index is 1440. The molecule has 0 saturated carbocycles. The van der Waals surface area contributed by atoms with E-state index in [2.05, 4.69) is 20.0 Å². The summed E-state index contributed by atoms with van der Waals surface area (Å²) in [6, 6.07) is 9.23. The van der Waals surface area contributed by atoms with Crippen molar-refractivity contribution in [1.82, 2.24) is 19.8 Å². The summed E-state index contributed by atoms with van der Waals surface area (Å²) in [6.07, 6.45) is 0. The molecule has 0 spiro atoms. The third-order valence-corrected chi connectivity index (χ3v) is 6.04. The Hall–Kier alpha value is -3.60. The lowest BCUT2D eigenvalue weighted by atomic mass is 10.1. The van der Waals surface area contributed by atoms with Crippen molar-refractivity contribution in [3.63, 3.8) is 0 Å². The van der Waals surface area contributed by atoms with Gasteiger partial charge in [0.25, 0.3) is 0 Å². The van der Waals surface area contributed by atoms with Crippen LogP contribution >= 0.6 is 0 Å². The third-order valence-electron chi connectivity index (χ3n) is 4.73. The van der Waals surface area contributed by atoms with Crippen LogP contribution in [0.1, 0.15) is 18.3 Å². The molecule has 0 saturated heterocycles. The van der Waals surface area contributed by atoms with E-state index in [0.29, 0.717) is 28.8 Å². The van der Waals surface area contributed by atoms with Crippen LogP contribution in [0.15, 0.2) is 42.5 Å². The topological polar surface area (TPSA) is 98.5 Å².